The molecule has 0 radical (unpaired) electrons. The van der Waals surface area contributed by atoms with E-state index in [-0.39, 0.29) is 0 Å². The Labute approximate surface area is 121 Å². The lowest BCUT2D eigenvalue weighted by Crippen LogP contribution is -2.04. The predicted octanol–water partition coefficient (Wildman–Crippen LogP) is 2.15. The van der Waals surface area contributed by atoms with E-state index >= 15 is 0 Å². The van der Waals surface area contributed by atoms with E-state index < -0.39 is 0 Å². The van der Waals surface area contributed by atoms with Crippen LogP contribution >= 0.6 is 0 Å². The molecule has 0 amide bonds. The van der Waals surface area contributed by atoms with Gasteiger partial charge in [-0.25, -0.2) is 14.6 Å². The Balaban J connectivity index is 1.70. The minimum Gasteiger partial charge on any atom is -0.365 e. The minimum absolute atomic E-state index is 0.527. The van der Waals surface area contributed by atoms with Crippen molar-refractivity contribution in [2.45, 2.75) is 6.54 Å². The van der Waals surface area contributed by atoms with Gasteiger partial charge in [-0.1, -0.05) is 6.07 Å². The first-order valence-electron chi connectivity index (χ1n) is 6.41. The summed E-state index contributed by atoms with van der Waals surface area (Å²) in [7, 11) is 0. The summed E-state index contributed by atoms with van der Waals surface area (Å²) in [6, 6.07) is 11.3. The molecule has 0 atom stereocenters. The molecule has 21 heavy (non-hydrogen) atoms. The van der Waals surface area contributed by atoms with Crippen LogP contribution in [0.15, 0.2) is 55.1 Å². The van der Waals surface area contributed by atoms with Crippen molar-refractivity contribution in [1.29, 1.82) is 5.26 Å². The van der Waals surface area contributed by atoms with E-state index in [4.69, 9.17) is 5.26 Å². The molecule has 3 aromatic heterocycles. The van der Waals surface area contributed by atoms with Crippen LogP contribution in [0.3, 0.4) is 0 Å². The molecule has 6 heteroatoms. The van der Waals surface area contributed by atoms with Crippen LogP contribution in [-0.4, -0.2) is 19.7 Å². The molecule has 0 aliphatic rings. The van der Waals surface area contributed by atoms with Crippen LogP contribution in [0, 0.1) is 11.3 Å². The van der Waals surface area contributed by atoms with Gasteiger partial charge in [0, 0.05) is 31.3 Å². The second-order valence-electron chi connectivity index (χ2n) is 4.34. The van der Waals surface area contributed by atoms with Crippen molar-refractivity contribution in [3.8, 4) is 11.9 Å². The molecule has 0 aliphatic heterocycles. The van der Waals surface area contributed by atoms with Gasteiger partial charge < -0.3 is 5.32 Å². The second kappa shape index (κ2) is 5.84. The third-order valence-corrected chi connectivity index (χ3v) is 2.94. The lowest BCUT2D eigenvalue weighted by Gasteiger charge is -2.07. The topological polar surface area (TPSA) is 79.4 Å². The number of pyridine rings is 2. The highest BCUT2D eigenvalue weighted by atomic mass is 15.3. The molecule has 0 bridgehead atoms. The van der Waals surface area contributed by atoms with E-state index in [1.54, 1.807) is 35.4 Å². The molecule has 3 heterocycles. The first kappa shape index (κ1) is 12.8. The van der Waals surface area contributed by atoms with Crippen molar-refractivity contribution in [2.75, 3.05) is 5.32 Å². The lowest BCUT2D eigenvalue weighted by molar-refractivity contribution is 0.843. The van der Waals surface area contributed by atoms with E-state index in [9.17, 15) is 0 Å². The highest BCUT2D eigenvalue weighted by Gasteiger charge is 2.03. The Morgan fingerprint density at radius 1 is 1.14 bits per heavy atom. The third kappa shape index (κ3) is 2.87. The van der Waals surface area contributed by atoms with Gasteiger partial charge in [0.15, 0.2) is 5.82 Å². The number of nitrogens with one attached hydrogen (secondary N) is 1. The SMILES string of the molecule is N#Cc1cccnc1NCc1ccc(-n2cccn2)nc1. The number of rotatable bonds is 4. The average molecular weight is 276 g/mol. The summed E-state index contributed by atoms with van der Waals surface area (Å²) in [6.07, 6.45) is 6.98. The summed E-state index contributed by atoms with van der Waals surface area (Å²) in [6.45, 7) is 0.554. The molecular formula is C15H12N6. The fraction of sp³-hybridized carbons (Fsp3) is 0.0667. The van der Waals surface area contributed by atoms with Gasteiger partial charge in [-0.3, -0.25) is 0 Å². The summed E-state index contributed by atoms with van der Waals surface area (Å²) in [5, 5.41) is 16.3. The van der Waals surface area contributed by atoms with Crippen LogP contribution in [-0.2, 0) is 6.54 Å². The maximum absolute atomic E-state index is 9.01. The normalized spacial score (nSPS) is 10.0. The number of hydrogen-bond donors (Lipinski definition) is 1. The quantitative estimate of drug-likeness (QED) is 0.789. The largest absolute Gasteiger partial charge is 0.365 e. The van der Waals surface area contributed by atoms with Crippen molar-refractivity contribution >= 4 is 5.82 Å². The van der Waals surface area contributed by atoms with Crippen LogP contribution in [0.25, 0.3) is 5.82 Å². The van der Waals surface area contributed by atoms with Gasteiger partial charge in [-0.05, 0) is 29.8 Å². The monoisotopic (exact) mass is 276 g/mol. The zero-order valence-electron chi connectivity index (χ0n) is 11.1. The van der Waals surface area contributed by atoms with Crippen molar-refractivity contribution in [2.24, 2.45) is 0 Å². The van der Waals surface area contributed by atoms with E-state index in [2.05, 4.69) is 26.5 Å². The van der Waals surface area contributed by atoms with E-state index in [0.717, 1.165) is 11.4 Å². The molecule has 102 valence electrons. The molecule has 0 fully saturated rings. The zero-order valence-corrected chi connectivity index (χ0v) is 11.1. The first-order chi connectivity index (χ1) is 10.4. The number of anilines is 1. The molecule has 0 aliphatic carbocycles. The first-order valence-corrected chi connectivity index (χ1v) is 6.41. The van der Waals surface area contributed by atoms with Crippen molar-refractivity contribution in [3.05, 3.63) is 66.2 Å². The molecule has 0 saturated heterocycles. The van der Waals surface area contributed by atoms with Gasteiger partial charge in [0.05, 0.1) is 5.56 Å². The molecule has 0 unspecified atom stereocenters. The van der Waals surface area contributed by atoms with Gasteiger partial charge in [-0.15, -0.1) is 0 Å². The van der Waals surface area contributed by atoms with E-state index in [0.29, 0.717) is 17.9 Å². The van der Waals surface area contributed by atoms with Crippen molar-refractivity contribution < 1.29 is 0 Å². The number of hydrogen-bond acceptors (Lipinski definition) is 5. The lowest BCUT2D eigenvalue weighted by atomic mass is 10.2. The summed E-state index contributed by atoms with van der Waals surface area (Å²) < 4.78 is 1.70. The summed E-state index contributed by atoms with van der Waals surface area (Å²) >= 11 is 0. The van der Waals surface area contributed by atoms with Crippen LogP contribution in [0.4, 0.5) is 5.82 Å². The Morgan fingerprint density at radius 2 is 2.10 bits per heavy atom. The van der Waals surface area contributed by atoms with Gasteiger partial charge in [0.25, 0.3) is 0 Å². The molecule has 0 aromatic carbocycles. The van der Waals surface area contributed by atoms with Crippen LogP contribution in [0.5, 0.6) is 0 Å². The smallest absolute Gasteiger partial charge is 0.153 e. The van der Waals surface area contributed by atoms with Crippen molar-refractivity contribution in [1.82, 2.24) is 19.7 Å². The Morgan fingerprint density at radius 3 is 2.81 bits per heavy atom. The van der Waals surface area contributed by atoms with Crippen molar-refractivity contribution in [3.63, 3.8) is 0 Å². The number of nitriles is 1. The third-order valence-electron chi connectivity index (χ3n) is 2.94. The molecule has 6 nitrogen and oxygen atoms in total. The van der Waals surface area contributed by atoms with Crippen LogP contribution in [0.1, 0.15) is 11.1 Å². The summed E-state index contributed by atoms with van der Waals surface area (Å²) in [4.78, 5) is 8.51. The Bertz CT molecular complexity index is 756. The van der Waals surface area contributed by atoms with Gasteiger partial charge in [-0.2, -0.15) is 10.4 Å². The Kier molecular flexibility index (Phi) is 3.56. The van der Waals surface area contributed by atoms with Gasteiger partial charge in [0.1, 0.15) is 11.9 Å². The maximum atomic E-state index is 9.01. The minimum atomic E-state index is 0.527. The fourth-order valence-corrected chi connectivity index (χ4v) is 1.88. The molecular weight excluding hydrogens is 264 g/mol. The Hall–Kier alpha value is -3.20. The van der Waals surface area contributed by atoms with E-state index in [1.807, 2.05) is 24.4 Å². The molecule has 1 N–H and O–H groups in total. The molecule has 3 rings (SSSR count). The zero-order chi connectivity index (χ0) is 14.5. The fourth-order valence-electron chi connectivity index (χ4n) is 1.88. The van der Waals surface area contributed by atoms with Crippen LogP contribution < -0.4 is 5.32 Å². The number of aromatic nitrogens is 4. The standard InChI is InChI=1S/C15H12N6/c16-9-13-3-1-6-17-15(13)19-11-12-4-5-14(18-10-12)21-8-2-7-20-21/h1-8,10H,11H2,(H,17,19). The summed E-state index contributed by atoms with van der Waals surface area (Å²) in [5.74, 6) is 1.34. The second-order valence-corrected chi connectivity index (χ2v) is 4.34. The molecule has 0 saturated carbocycles. The maximum Gasteiger partial charge on any atom is 0.153 e. The highest BCUT2D eigenvalue weighted by molar-refractivity contribution is 5.51. The predicted molar refractivity (Wildman–Crippen MR) is 77.6 cm³/mol. The molecule has 3 aromatic rings. The average Bonchev–Trinajstić information content (AvgIpc) is 3.08. The van der Waals surface area contributed by atoms with E-state index in [1.165, 1.54) is 0 Å². The summed E-state index contributed by atoms with van der Waals surface area (Å²) in [5.41, 5.74) is 1.53. The van der Waals surface area contributed by atoms with Crippen LogP contribution in [0.2, 0.25) is 0 Å². The highest BCUT2D eigenvalue weighted by Crippen LogP contribution is 2.12. The number of nitrogens with zero attached hydrogens (tertiary/aromatic N) is 5. The van der Waals surface area contributed by atoms with Gasteiger partial charge >= 0.3 is 0 Å². The molecule has 0 spiro atoms. The van der Waals surface area contributed by atoms with Gasteiger partial charge in [0.2, 0.25) is 0 Å².